The Morgan fingerprint density at radius 3 is 2.52 bits per heavy atom. The molecule has 0 fully saturated rings. The van der Waals surface area contributed by atoms with Crippen molar-refractivity contribution in [3.63, 3.8) is 0 Å². The van der Waals surface area contributed by atoms with E-state index in [1.807, 2.05) is 0 Å². The number of carbonyl (C=O) groups is 2. The number of ether oxygens (including phenoxy) is 2. The Morgan fingerprint density at radius 2 is 1.90 bits per heavy atom. The topological polar surface area (TPSA) is 129 Å². The standard InChI is InChI=1S/C19H19N3O7/c1-13-9-15(22(25)26)5-8-17(13)21-18(23)11-28-19(24)12-29-20-10-14-3-6-16(27-2)7-4-14/h3-10H,11-12H2,1-2H3,(H,21,23)/b20-10-. The molecule has 10 heteroatoms. The molecule has 2 rings (SSSR count). The van der Waals surface area contributed by atoms with Crippen molar-refractivity contribution in [1.82, 2.24) is 0 Å². The normalized spacial score (nSPS) is 10.4. The van der Waals surface area contributed by atoms with E-state index in [0.29, 0.717) is 17.0 Å². The summed E-state index contributed by atoms with van der Waals surface area (Å²) in [5.41, 5.74) is 1.56. The monoisotopic (exact) mass is 401 g/mol. The molecule has 0 spiro atoms. The lowest BCUT2D eigenvalue weighted by molar-refractivity contribution is -0.384. The molecule has 0 aromatic heterocycles. The fourth-order valence-electron chi connectivity index (χ4n) is 2.15. The molecule has 0 unspecified atom stereocenters. The molecule has 0 bridgehead atoms. The van der Waals surface area contributed by atoms with Crippen molar-refractivity contribution < 1.29 is 28.8 Å². The fourth-order valence-corrected chi connectivity index (χ4v) is 2.15. The first kappa shape index (κ1) is 21.4. The lowest BCUT2D eigenvalue weighted by Crippen LogP contribution is -2.22. The van der Waals surface area contributed by atoms with Crippen molar-refractivity contribution in [2.24, 2.45) is 5.16 Å². The summed E-state index contributed by atoms with van der Waals surface area (Å²) in [7, 11) is 1.56. The third kappa shape index (κ3) is 6.94. The first-order chi connectivity index (χ1) is 13.9. The number of methoxy groups -OCH3 is 1. The van der Waals surface area contributed by atoms with Crippen LogP contribution in [0.3, 0.4) is 0 Å². The fraction of sp³-hybridized carbons (Fsp3) is 0.211. The molecule has 0 aliphatic carbocycles. The van der Waals surface area contributed by atoms with E-state index in [0.717, 1.165) is 5.56 Å². The average Bonchev–Trinajstić information content (AvgIpc) is 2.71. The smallest absolute Gasteiger partial charge is 0.347 e. The van der Waals surface area contributed by atoms with Crippen LogP contribution in [0.15, 0.2) is 47.6 Å². The van der Waals surface area contributed by atoms with Crippen LogP contribution < -0.4 is 10.1 Å². The molecule has 0 radical (unpaired) electrons. The summed E-state index contributed by atoms with van der Waals surface area (Å²) >= 11 is 0. The van der Waals surface area contributed by atoms with Crippen LogP contribution in [0.1, 0.15) is 11.1 Å². The van der Waals surface area contributed by atoms with Crippen LogP contribution in [0.4, 0.5) is 11.4 Å². The van der Waals surface area contributed by atoms with Gasteiger partial charge in [-0.1, -0.05) is 5.16 Å². The Balaban J connectivity index is 1.72. The summed E-state index contributed by atoms with van der Waals surface area (Å²) in [5, 5.41) is 16.9. The van der Waals surface area contributed by atoms with E-state index in [4.69, 9.17) is 14.3 Å². The molecule has 0 heterocycles. The molecule has 0 saturated carbocycles. The molecule has 0 saturated heterocycles. The van der Waals surface area contributed by atoms with Crippen LogP contribution in [0, 0.1) is 17.0 Å². The molecule has 152 valence electrons. The number of anilines is 1. The van der Waals surface area contributed by atoms with Gasteiger partial charge in [0.1, 0.15) is 5.75 Å². The Labute approximate surface area is 166 Å². The second-order valence-corrected chi connectivity index (χ2v) is 5.75. The van der Waals surface area contributed by atoms with Gasteiger partial charge < -0.3 is 19.6 Å². The zero-order valence-electron chi connectivity index (χ0n) is 15.8. The third-order valence-corrected chi connectivity index (χ3v) is 3.63. The molecular weight excluding hydrogens is 382 g/mol. The molecule has 0 aliphatic heterocycles. The van der Waals surface area contributed by atoms with Gasteiger partial charge in [0.2, 0.25) is 6.61 Å². The van der Waals surface area contributed by atoms with Crippen LogP contribution in [0.25, 0.3) is 0 Å². The number of carbonyl (C=O) groups excluding carboxylic acids is 2. The predicted octanol–water partition coefficient (Wildman–Crippen LogP) is 2.44. The summed E-state index contributed by atoms with van der Waals surface area (Å²) < 4.78 is 9.82. The summed E-state index contributed by atoms with van der Waals surface area (Å²) in [6, 6.07) is 11.0. The molecule has 10 nitrogen and oxygen atoms in total. The van der Waals surface area contributed by atoms with Gasteiger partial charge in [-0.05, 0) is 48.4 Å². The quantitative estimate of drug-likeness (QED) is 0.296. The molecule has 2 aromatic carbocycles. The second-order valence-electron chi connectivity index (χ2n) is 5.75. The summed E-state index contributed by atoms with van der Waals surface area (Å²) in [5.74, 6) is -0.654. The van der Waals surface area contributed by atoms with Gasteiger partial charge >= 0.3 is 5.97 Å². The van der Waals surface area contributed by atoms with Gasteiger partial charge in [-0.15, -0.1) is 0 Å². The zero-order valence-corrected chi connectivity index (χ0v) is 15.8. The highest BCUT2D eigenvalue weighted by Crippen LogP contribution is 2.21. The van der Waals surface area contributed by atoms with Crippen LogP contribution in [-0.4, -0.2) is 43.3 Å². The maximum absolute atomic E-state index is 11.9. The average molecular weight is 401 g/mol. The van der Waals surface area contributed by atoms with E-state index in [2.05, 4.69) is 10.5 Å². The zero-order chi connectivity index (χ0) is 21.2. The minimum Gasteiger partial charge on any atom is -0.497 e. The van der Waals surface area contributed by atoms with Gasteiger partial charge in [0.05, 0.1) is 18.2 Å². The number of hydrogen-bond acceptors (Lipinski definition) is 8. The molecule has 0 aliphatic rings. The summed E-state index contributed by atoms with van der Waals surface area (Å²) in [4.78, 5) is 38.5. The Morgan fingerprint density at radius 1 is 1.17 bits per heavy atom. The lowest BCUT2D eigenvalue weighted by atomic mass is 10.2. The number of benzene rings is 2. The maximum atomic E-state index is 11.9. The predicted molar refractivity (Wildman–Crippen MR) is 104 cm³/mol. The van der Waals surface area contributed by atoms with Crippen molar-refractivity contribution in [3.8, 4) is 5.75 Å². The van der Waals surface area contributed by atoms with Crippen molar-refractivity contribution in [3.05, 3.63) is 63.7 Å². The minimum absolute atomic E-state index is 0.0840. The Hall–Kier alpha value is -3.95. The van der Waals surface area contributed by atoms with Crippen molar-refractivity contribution in [1.29, 1.82) is 0 Å². The number of nitrogens with zero attached hydrogens (tertiary/aromatic N) is 2. The van der Waals surface area contributed by atoms with Crippen molar-refractivity contribution >= 4 is 29.5 Å². The van der Waals surface area contributed by atoms with E-state index in [1.165, 1.54) is 24.4 Å². The molecule has 2 aromatic rings. The molecular formula is C19H19N3O7. The van der Waals surface area contributed by atoms with Crippen molar-refractivity contribution in [2.75, 3.05) is 25.6 Å². The van der Waals surface area contributed by atoms with Gasteiger partial charge in [0.25, 0.3) is 11.6 Å². The van der Waals surface area contributed by atoms with E-state index in [-0.39, 0.29) is 5.69 Å². The number of oxime groups is 1. The first-order valence-electron chi connectivity index (χ1n) is 8.39. The highest BCUT2D eigenvalue weighted by Gasteiger charge is 2.12. The Bertz CT molecular complexity index is 911. The molecule has 0 atom stereocenters. The molecule has 29 heavy (non-hydrogen) atoms. The minimum atomic E-state index is -0.771. The van der Waals surface area contributed by atoms with Crippen LogP contribution in [-0.2, 0) is 19.2 Å². The third-order valence-electron chi connectivity index (χ3n) is 3.63. The van der Waals surface area contributed by atoms with E-state index >= 15 is 0 Å². The number of nitro benzene ring substituents is 1. The van der Waals surface area contributed by atoms with Gasteiger partial charge in [-0.3, -0.25) is 14.9 Å². The number of esters is 1. The highest BCUT2D eigenvalue weighted by atomic mass is 16.7. The number of hydrogen-bond donors (Lipinski definition) is 1. The first-order valence-corrected chi connectivity index (χ1v) is 8.39. The number of amides is 1. The molecule has 1 N–H and O–H groups in total. The van der Waals surface area contributed by atoms with E-state index < -0.39 is 30.0 Å². The number of nitro groups is 1. The van der Waals surface area contributed by atoms with Crippen molar-refractivity contribution in [2.45, 2.75) is 6.92 Å². The number of non-ortho nitro benzene ring substituents is 1. The second kappa shape index (κ2) is 10.4. The largest absolute Gasteiger partial charge is 0.497 e. The SMILES string of the molecule is COc1ccc(/C=N\OCC(=O)OCC(=O)Nc2ccc([N+](=O)[O-])cc2C)cc1. The van der Waals surface area contributed by atoms with Crippen LogP contribution in [0.2, 0.25) is 0 Å². The van der Waals surface area contributed by atoms with Gasteiger partial charge in [0, 0.05) is 17.8 Å². The van der Waals surface area contributed by atoms with Gasteiger partial charge in [0.15, 0.2) is 6.61 Å². The van der Waals surface area contributed by atoms with Crippen LogP contribution >= 0.6 is 0 Å². The van der Waals surface area contributed by atoms with Gasteiger partial charge in [-0.25, -0.2) is 4.79 Å². The van der Waals surface area contributed by atoms with Crippen LogP contribution in [0.5, 0.6) is 5.75 Å². The lowest BCUT2D eigenvalue weighted by Gasteiger charge is -2.08. The maximum Gasteiger partial charge on any atom is 0.347 e. The number of nitrogens with one attached hydrogen (secondary N) is 1. The highest BCUT2D eigenvalue weighted by molar-refractivity contribution is 5.93. The summed E-state index contributed by atoms with van der Waals surface area (Å²) in [6.07, 6.45) is 1.41. The summed E-state index contributed by atoms with van der Waals surface area (Å²) in [6.45, 7) is 0.626. The number of aryl methyl sites for hydroxylation is 1. The van der Waals surface area contributed by atoms with E-state index in [1.54, 1.807) is 38.3 Å². The number of rotatable bonds is 9. The van der Waals surface area contributed by atoms with Gasteiger partial charge in [-0.2, -0.15) is 0 Å². The van der Waals surface area contributed by atoms with E-state index in [9.17, 15) is 19.7 Å². The molecule has 1 amide bonds. The Kier molecular flexibility index (Phi) is 7.66.